The molecule has 2 aliphatic carbocycles. The second-order valence-electron chi connectivity index (χ2n) is 8.91. The molecule has 0 saturated heterocycles. The molecule has 0 spiro atoms. The van der Waals surface area contributed by atoms with Crippen LogP contribution in [0.1, 0.15) is 83.1 Å². The molecule has 0 bridgehead atoms. The van der Waals surface area contributed by atoms with Gasteiger partial charge in [-0.3, -0.25) is 0 Å². The molecule has 1 aromatic rings. The topological polar surface area (TPSA) is 9.23 Å². The van der Waals surface area contributed by atoms with E-state index in [0.29, 0.717) is 0 Å². The molecule has 3 rings (SSSR count). The number of benzene rings is 1. The number of ether oxygens (including phenoxy) is 1. The van der Waals surface area contributed by atoms with Crippen molar-refractivity contribution in [2.24, 2.45) is 23.7 Å². The van der Waals surface area contributed by atoms with Crippen LogP contribution < -0.4 is 4.74 Å². The molecule has 0 amide bonds. The molecule has 152 valence electrons. The molecule has 3 heteroatoms. The van der Waals surface area contributed by atoms with Crippen molar-refractivity contribution in [3.63, 3.8) is 0 Å². The van der Waals surface area contributed by atoms with Crippen molar-refractivity contribution in [1.29, 1.82) is 0 Å². The van der Waals surface area contributed by atoms with E-state index in [4.69, 9.17) is 0 Å². The molecule has 1 aromatic carbocycles. The first-order valence-electron chi connectivity index (χ1n) is 11.2. The summed E-state index contributed by atoms with van der Waals surface area (Å²) in [6.45, 7) is -0.424. The molecule has 0 heterocycles. The van der Waals surface area contributed by atoms with Gasteiger partial charge in [-0.25, -0.2) is 0 Å². The third kappa shape index (κ3) is 6.47. The van der Waals surface area contributed by atoms with Crippen molar-refractivity contribution in [2.75, 3.05) is 0 Å². The van der Waals surface area contributed by atoms with E-state index < -0.39 is 6.61 Å². The normalized spacial score (nSPS) is 29.0. The van der Waals surface area contributed by atoms with Crippen LogP contribution in [0.4, 0.5) is 8.78 Å². The van der Waals surface area contributed by atoms with E-state index in [2.05, 4.69) is 11.7 Å². The number of aryl methyl sites for hydroxylation is 1. The van der Waals surface area contributed by atoms with Crippen LogP contribution in [-0.2, 0) is 6.42 Å². The summed E-state index contributed by atoms with van der Waals surface area (Å²) in [5.41, 5.74) is 1.23. The van der Waals surface area contributed by atoms with Crippen LogP contribution >= 0.6 is 0 Å². The minimum atomic E-state index is -2.74. The Hall–Kier alpha value is -1.12. The Morgan fingerprint density at radius 2 is 1.33 bits per heavy atom. The maximum absolute atomic E-state index is 12.2. The zero-order valence-electron chi connectivity index (χ0n) is 16.8. The molecule has 0 aliphatic heterocycles. The van der Waals surface area contributed by atoms with Gasteiger partial charge in [-0.1, -0.05) is 57.6 Å². The van der Waals surface area contributed by atoms with E-state index >= 15 is 0 Å². The predicted octanol–water partition coefficient (Wildman–Crippen LogP) is 7.63. The SMILES string of the molecule is CCC[C@H]1CC[C@H]([C@H]2CC[C@H](CCc3ccc(OC(F)F)cc3)CC2)CC1. The first-order chi connectivity index (χ1) is 13.1. The van der Waals surface area contributed by atoms with Crippen molar-refractivity contribution >= 4 is 0 Å². The average Bonchev–Trinajstić information content (AvgIpc) is 2.68. The van der Waals surface area contributed by atoms with Crippen molar-refractivity contribution in [3.05, 3.63) is 29.8 Å². The summed E-state index contributed by atoms with van der Waals surface area (Å²) in [5, 5.41) is 0. The maximum atomic E-state index is 12.2. The van der Waals surface area contributed by atoms with Crippen LogP contribution in [0.15, 0.2) is 24.3 Å². The van der Waals surface area contributed by atoms with Crippen molar-refractivity contribution < 1.29 is 13.5 Å². The number of rotatable bonds is 8. The van der Waals surface area contributed by atoms with Gasteiger partial charge in [-0.05, 0) is 79.9 Å². The Morgan fingerprint density at radius 1 is 0.815 bits per heavy atom. The Labute approximate surface area is 163 Å². The highest BCUT2D eigenvalue weighted by atomic mass is 19.3. The standard InChI is InChI=1S/C24H36F2O/c1-2-3-18-6-12-21(13-7-18)22-14-8-19(9-15-22)4-5-20-10-16-23(17-11-20)27-24(25)26/h10-11,16-19,21-22,24H,2-9,12-15H2,1H3/t18-,19-,21-,22-. The molecule has 2 saturated carbocycles. The molecule has 0 N–H and O–H groups in total. The monoisotopic (exact) mass is 378 g/mol. The molecule has 1 nitrogen and oxygen atoms in total. The summed E-state index contributed by atoms with van der Waals surface area (Å²) < 4.78 is 28.8. The third-order valence-corrected chi connectivity index (χ3v) is 7.14. The summed E-state index contributed by atoms with van der Waals surface area (Å²) >= 11 is 0. The van der Waals surface area contributed by atoms with Gasteiger partial charge >= 0.3 is 6.61 Å². The molecule has 0 radical (unpaired) electrons. The number of hydrogen-bond donors (Lipinski definition) is 0. The van der Waals surface area contributed by atoms with Crippen LogP contribution in [0.25, 0.3) is 0 Å². The molecule has 27 heavy (non-hydrogen) atoms. The van der Waals surface area contributed by atoms with Crippen LogP contribution in [-0.4, -0.2) is 6.61 Å². The zero-order valence-corrected chi connectivity index (χ0v) is 16.8. The smallest absolute Gasteiger partial charge is 0.387 e. The van der Waals surface area contributed by atoms with Gasteiger partial charge in [0.25, 0.3) is 0 Å². The van der Waals surface area contributed by atoms with E-state index in [1.807, 2.05) is 12.1 Å². The van der Waals surface area contributed by atoms with Gasteiger partial charge in [-0.15, -0.1) is 0 Å². The highest BCUT2D eigenvalue weighted by Crippen LogP contribution is 2.42. The molecule has 0 unspecified atom stereocenters. The van der Waals surface area contributed by atoms with Gasteiger partial charge in [0.05, 0.1) is 0 Å². The van der Waals surface area contributed by atoms with Gasteiger partial charge in [0.1, 0.15) is 5.75 Å². The van der Waals surface area contributed by atoms with E-state index in [-0.39, 0.29) is 5.75 Å². The van der Waals surface area contributed by atoms with E-state index in [1.165, 1.54) is 76.2 Å². The van der Waals surface area contributed by atoms with Gasteiger partial charge in [0.2, 0.25) is 0 Å². The fraction of sp³-hybridized carbons (Fsp3) is 0.750. The van der Waals surface area contributed by atoms with Crippen LogP contribution in [0.5, 0.6) is 5.75 Å². The lowest BCUT2D eigenvalue weighted by molar-refractivity contribution is -0.0498. The van der Waals surface area contributed by atoms with Crippen molar-refractivity contribution in [1.82, 2.24) is 0 Å². The predicted molar refractivity (Wildman–Crippen MR) is 107 cm³/mol. The van der Waals surface area contributed by atoms with Crippen LogP contribution in [0.2, 0.25) is 0 Å². The van der Waals surface area contributed by atoms with Crippen molar-refractivity contribution in [3.8, 4) is 5.75 Å². The number of alkyl halides is 2. The van der Waals surface area contributed by atoms with E-state index in [9.17, 15) is 8.78 Å². The molecular weight excluding hydrogens is 342 g/mol. The van der Waals surface area contributed by atoms with Gasteiger partial charge in [0.15, 0.2) is 0 Å². The number of hydrogen-bond acceptors (Lipinski definition) is 1. The van der Waals surface area contributed by atoms with Crippen LogP contribution in [0, 0.1) is 23.7 Å². The lowest BCUT2D eigenvalue weighted by Gasteiger charge is -2.38. The molecule has 2 fully saturated rings. The minimum Gasteiger partial charge on any atom is -0.435 e. The Bertz CT molecular complexity index is 526. The van der Waals surface area contributed by atoms with Gasteiger partial charge in [-0.2, -0.15) is 8.78 Å². The summed E-state index contributed by atoms with van der Waals surface area (Å²) in [6, 6.07) is 7.18. The molecular formula is C24H36F2O. The fourth-order valence-electron chi connectivity index (χ4n) is 5.51. The molecule has 0 atom stereocenters. The van der Waals surface area contributed by atoms with Gasteiger partial charge in [0, 0.05) is 0 Å². The Morgan fingerprint density at radius 3 is 1.81 bits per heavy atom. The lowest BCUT2D eigenvalue weighted by Crippen LogP contribution is -2.26. The Kier molecular flexibility index (Phi) is 7.96. The summed E-state index contributed by atoms with van der Waals surface area (Å²) in [4.78, 5) is 0. The average molecular weight is 379 g/mol. The zero-order chi connectivity index (χ0) is 19.1. The Balaban J connectivity index is 1.35. The first-order valence-corrected chi connectivity index (χ1v) is 11.2. The van der Waals surface area contributed by atoms with Crippen molar-refractivity contribution in [2.45, 2.75) is 90.6 Å². The van der Waals surface area contributed by atoms with E-state index in [1.54, 1.807) is 12.1 Å². The highest BCUT2D eigenvalue weighted by Gasteiger charge is 2.30. The first kappa shape index (κ1) is 20.6. The van der Waals surface area contributed by atoms with Crippen LogP contribution in [0.3, 0.4) is 0 Å². The maximum Gasteiger partial charge on any atom is 0.387 e. The minimum absolute atomic E-state index is 0.253. The number of halogens is 2. The van der Waals surface area contributed by atoms with E-state index in [0.717, 1.165) is 30.1 Å². The molecule has 0 aromatic heterocycles. The summed E-state index contributed by atoms with van der Waals surface area (Å²) in [7, 11) is 0. The quantitative estimate of drug-likeness (QED) is 0.452. The highest BCUT2D eigenvalue weighted by molar-refractivity contribution is 5.27. The third-order valence-electron chi connectivity index (χ3n) is 7.14. The lowest BCUT2D eigenvalue weighted by atomic mass is 9.68. The summed E-state index contributed by atoms with van der Waals surface area (Å²) in [5.74, 6) is 4.09. The second kappa shape index (κ2) is 10.4. The fourth-order valence-corrected chi connectivity index (χ4v) is 5.51. The second-order valence-corrected chi connectivity index (χ2v) is 8.91. The summed E-state index contributed by atoms with van der Waals surface area (Å²) in [6.07, 6.45) is 16.6. The van der Waals surface area contributed by atoms with Gasteiger partial charge < -0.3 is 4.74 Å². The molecule has 2 aliphatic rings. The largest absolute Gasteiger partial charge is 0.435 e.